The molecule has 0 unspecified atom stereocenters. The summed E-state index contributed by atoms with van der Waals surface area (Å²) in [5.74, 6) is -0.665. The minimum Gasteiger partial charge on any atom is -0.482 e. The number of nitrogens with zero attached hydrogens (tertiary/aromatic N) is 2. The van der Waals surface area contributed by atoms with E-state index in [0.29, 0.717) is 11.4 Å². The zero-order valence-electron chi connectivity index (χ0n) is 14.3. The Balaban J connectivity index is 1.76. The highest BCUT2D eigenvalue weighted by molar-refractivity contribution is 6.32. The van der Waals surface area contributed by atoms with Crippen molar-refractivity contribution in [2.75, 3.05) is 6.61 Å². The minimum absolute atomic E-state index is 0.0635. The van der Waals surface area contributed by atoms with Crippen molar-refractivity contribution < 1.29 is 18.3 Å². The number of hydrogen-bond donors (Lipinski definition) is 1. The molecule has 0 aliphatic heterocycles. The van der Waals surface area contributed by atoms with E-state index < -0.39 is 23.6 Å². The van der Waals surface area contributed by atoms with Crippen LogP contribution >= 0.6 is 11.6 Å². The molecule has 8 heteroatoms. The highest BCUT2D eigenvalue weighted by atomic mass is 35.5. The average molecular weight is 392 g/mol. The Labute approximate surface area is 159 Å². The van der Waals surface area contributed by atoms with Crippen molar-refractivity contribution in [1.29, 1.82) is 0 Å². The molecule has 140 valence electrons. The summed E-state index contributed by atoms with van der Waals surface area (Å²) in [6.07, 6.45) is 3.31. The molecule has 0 aliphatic rings. The lowest BCUT2D eigenvalue weighted by Gasteiger charge is -2.19. The molecule has 1 heterocycles. The number of hydrogen-bond acceptors (Lipinski definition) is 3. The van der Waals surface area contributed by atoms with Crippen molar-refractivity contribution in [2.45, 2.75) is 6.04 Å². The van der Waals surface area contributed by atoms with E-state index in [2.05, 4.69) is 10.3 Å². The molecule has 3 rings (SSSR count). The molecule has 3 aromatic rings. The maximum absolute atomic E-state index is 13.6. The molecule has 27 heavy (non-hydrogen) atoms. The number of halogens is 3. The third kappa shape index (κ3) is 4.62. The van der Waals surface area contributed by atoms with Crippen LogP contribution in [0.3, 0.4) is 0 Å². The van der Waals surface area contributed by atoms with Crippen molar-refractivity contribution in [2.24, 2.45) is 7.05 Å². The summed E-state index contributed by atoms with van der Waals surface area (Å²) in [5, 5.41) is 2.84. The van der Waals surface area contributed by atoms with Gasteiger partial charge in [-0.25, -0.2) is 13.8 Å². The van der Waals surface area contributed by atoms with E-state index >= 15 is 0 Å². The number of imidazole rings is 1. The summed E-state index contributed by atoms with van der Waals surface area (Å²) in [6, 6.07) is 8.86. The Kier molecular flexibility index (Phi) is 5.71. The Morgan fingerprint density at radius 3 is 2.70 bits per heavy atom. The highest BCUT2D eigenvalue weighted by Crippen LogP contribution is 2.25. The third-order valence-corrected chi connectivity index (χ3v) is 4.15. The molecular formula is C19H16ClF2N3O2. The first-order valence-corrected chi connectivity index (χ1v) is 8.41. The normalized spacial score (nSPS) is 11.9. The SMILES string of the molecule is Cn1ccnc1[C@@H](NC(=O)COc1ccc(F)cc1Cl)c1cccc(F)c1. The molecule has 0 bridgehead atoms. The topological polar surface area (TPSA) is 56.2 Å². The lowest BCUT2D eigenvalue weighted by Crippen LogP contribution is -2.34. The molecule has 1 atom stereocenters. The maximum atomic E-state index is 13.6. The monoisotopic (exact) mass is 391 g/mol. The first-order chi connectivity index (χ1) is 12.9. The zero-order valence-corrected chi connectivity index (χ0v) is 15.1. The van der Waals surface area contributed by atoms with Crippen molar-refractivity contribution in [3.63, 3.8) is 0 Å². The Morgan fingerprint density at radius 1 is 1.26 bits per heavy atom. The molecule has 2 aromatic carbocycles. The van der Waals surface area contributed by atoms with E-state index in [1.165, 1.54) is 24.3 Å². The van der Waals surface area contributed by atoms with Crippen molar-refractivity contribution in [1.82, 2.24) is 14.9 Å². The molecule has 1 amide bonds. The van der Waals surface area contributed by atoms with E-state index in [1.54, 1.807) is 36.1 Å². The Bertz CT molecular complexity index is 962. The van der Waals surface area contributed by atoms with Gasteiger partial charge in [-0.05, 0) is 35.9 Å². The summed E-state index contributed by atoms with van der Waals surface area (Å²) in [5.41, 5.74) is 0.539. The minimum atomic E-state index is -0.666. The second-order valence-corrected chi connectivity index (χ2v) is 6.22. The van der Waals surface area contributed by atoms with Crippen LogP contribution in [-0.4, -0.2) is 22.1 Å². The van der Waals surface area contributed by atoms with Gasteiger partial charge in [0.05, 0.1) is 5.02 Å². The number of benzene rings is 2. The van der Waals surface area contributed by atoms with Crippen LogP contribution in [0.15, 0.2) is 54.9 Å². The predicted molar refractivity (Wildman–Crippen MR) is 96.5 cm³/mol. The highest BCUT2D eigenvalue weighted by Gasteiger charge is 2.21. The lowest BCUT2D eigenvalue weighted by atomic mass is 10.1. The second kappa shape index (κ2) is 8.18. The molecule has 1 aromatic heterocycles. The average Bonchev–Trinajstić information content (AvgIpc) is 3.04. The summed E-state index contributed by atoms with van der Waals surface area (Å²) in [4.78, 5) is 16.6. The molecular weight excluding hydrogens is 376 g/mol. The first kappa shape index (κ1) is 18.8. The van der Waals surface area contributed by atoms with Gasteiger partial charge >= 0.3 is 0 Å². The molecule has 0 radical (unpaired) electrons. The standard InChI is InChI=1S/C19H16ClF2N3O2/c1-25-8-7-23-19(25)18(12-3-2-4-13(21)9-12)24-17(26)11-27-16-6-5-14(22)10-15(16)20/h2-10,18H,11H2,1H3,(H,24,26)/t18-/m0/s1. The van der Waals surface area contributed by atoms with Gasteiger partial charge < -0.3 is 14.6 Å². The molecule has 5 nitrogen and oxygen atoms in total. The number of ether oxygens (including phenoxy) is 1. The summed E-state index contributed by atoms with van der Waals surface area (Å²) in [6.45, 7) is -0.346. The van der Waals surface area contributed by atoms with Gasteiger partial charge in [-0.1, -0.05) is 23.7 Å². The number of nitrogens with one attached hydrogen (secondary N) is 1. The van der Waals surface area contributed by atoms with Crippen molar-refractivity contribution >= 4 is 17.5 Å². The van der Waals surface area contributed by atoms with Gasteiger partial charge in [0.2, 0.25) is 0 Å². The van der Waals surface area contributed by atoms with Gasteiger partial charge in [-0.3, -0.25) is 4.79 Å². The fraction of sp³-hybridized carbons (Fsp3) is 0.158. The number of rotatable bonds is 6. The molecule has 0 spiro atoms. The van der Waals surface area contributed by atoms with Gasteiger partial charge in [-0.2, -0.15) is 0 Å². The zero-order chi connectivity index (χ0) is 19.4. The van der Waals surface area contributed by atoms with Gasteiger partial charge in [0.25, 0.3) is 5.91 Å². The molecule has 0 saturated heterocycles. The van der Waals surface area contributed by atoms with Gasteiger partial charge in [0.1, 0.15) is 29.3 Å². The summed E-state index contributed by atoms with van der Waals surface area (Å²) >= 11 is 5.88. The smallest absolute Gasteiger partial charge is 0.258 e. The second-order valence-electron chi connectivity index (χ2n) is 5.82. The molecule has 0 saturated carbocycles. The largest absolute Gasteiger partial charge is 0.482 e. The Hall–Kier alpha value is -2.93. The van der Waals surface area contributed by atoms with Crippen LogP contribution in [0.1, 0.15) is 17.4 Å². The van der Waals surface area contributed by atoms with Crippen LogP contribution in [-0.2, 0) is 11.8 Å². The van der Waals surface area contributed by atoms with Crippen LogP contribution in [0.5, 0.6) is 5.75 Å². The van der Waals surface area contributed by atoms with Gasteiger partial charge in [0.15, 0.2) is 6.61 Å². The number of carbonyl (C=O) groups is 1. The number of aryl methyl sites for hydroxylation is 1. The number of aromatic nitrogens is 2. The van der Waals surface area contributed by atoms with Crippen LogP contribution in [0, 0.1) is 11.6 Å². The lowest BCUT2D eigenvalue weighted by molar-refractivity contribution is -0.123. The van der Waals surface area contributed by atoms with Crippen molar-refractivity contribution in [3.05, 3.63) is 82.9 Å². The van der Waals surface area contributed by atoms with E-state index in [-0.39, 0.29) is 17.4 Å². The summed E-state index contributed by atoms with van der Waals surface area (Å²) < 4.78 is 33.8. The molecule has 0 fully saturated rings. The molecule has 1 N–H and O–H groups in total. The van der Waals surface area contributed by atoms with E-state index in [4.69, 9.17) is 16.3 Å². The fourth-order valence-electron chi connectivity index (χ4n) is 2.58. The van der Waals surface area contributed by atoms with Crippen LogP contribution in [0.2, 0.25) is 5.02 Å². The van der Waals surface area contributed by atoms with Crippen LogP contribution < -0.4 is 10.1 Å². The van der Waals surface area contributed by atoms with Gasteiger partial charge in [-0.15, -0.1) is 0 Å². The van der Waals surface area contributed by atoms with Crippen LogP contribution in [0.4, 0.5) is 8.78 Å². The predicted octanol–water partition coefficient (Wildman–Crippen LogP) is 3.64. The Morgan fingerprint density at radius 2 is 2.04 bits per heavy atom. The number of amides is 1. The van der Waals surface area contributed by atoms with E-state index in [1.807, 2.05) is 0 Å². The fourth-order valence-corrected chi connectivity index (χ4v) is 2.80. The van der Waals surface area contributed by atoms with E-state index in [0.717, 1.165) is 6.07 Å². The maximum Gasteiger partial charge on any atom is 0.258 e. The molecule has 0 aliphatic carbocycles. The number of carbonyl (C=O) groups excluding carboxylic acids is 1. The van der Waals surface area contributed by atoms with Gasteiger partial charge in [0, 0.05) is 19.4 Å². The third-order valence-electron chi connectivity index (χ3n) is 3.86. The van der Waals surface area contributed by atoms with Crippen LogP contribution in [0.25, 0.3) is 0 Å². The quantitative estimate of drug-likeness (QED) is 0.698. The van der Waals surface area contributed by atoms with Crippen molar-refractivity contribution in [3.8, 4) is 5.75 Å². The van der Waals surface area contributed by atoms with E-state index in [9.17, 15) is 13.6 Å². The summed E-state index contributed by atoms with van der Waals surface area (Å²) in [7, 11) is 1.77. The first-order valence-electron chi connectivity index (χ1n) is 8.04.